The van der Waals surface area contributed by atoms with Crippen molar-refractivity contribution in [1.82, 2.24) is 0 Å². The number of rotatable bonds is 4. The molecule has 21 heavy (non-hydrogen) atoms. The minimum Gasteiger partial charge on any atom is -0.478 e. The Labute approximate surface area is 129 Å². The summed E-state index contributed by atoms with van der Waals surface area (Å²) >= 11 is 3.20. The summed E-state index contributed by atoms with van der Waals surface area (Å²) in [6.07, 6.45) is 0. The fourth-order valence-corrected chi connectivity index (χ4v) is 3.31. The lowest BCUT2D eigenvalue weighted by Gasteiger charge is -2.11. The van der Waals surface area contributed by atoms with Crippen molar-refractivity contribution in [3.63, 3.8) is 0 Å². The highest BCUT2D eigenvalue weighted by atomic mass is 79.9. The van der Waals surface area contributed by atoms with Gasteiger partial charge < -0.3 is 10.8 Å². The Balaban J connectivity index is 2.35. The van der Waals surface area contributed by atoms with E-state index in [1.165, 1.54) is 30.3 Å². The van der Waals surface area contributed by atoms with E-state index in [2.05, 4.69) is 20.7 Å². The molecule has 0 aliphatic rings. The molecule has 0 bridgehead atoms. The van der Waals surface area contributed by atoms with Gasteiger partial charge in [-0.15, -0.1) is 0 Å². The van der Waals surface area contributed by atoms with Crippen molar-refractivity contribution in [2.45, 2.75) is 4.90 Å². The molecule has 0 spiro atoms. The van der Waals surface area contributed by atoms with Crippen LogP contribution < -0.4 is 10.5 Å². The van der Waals surface area contributed by atoms with E-state index >= 15 is 0 Å². The fourth-order valence-electron chi connectivity index (χ4n) is 1.63. The lowest BCUT2D eigenvalue weighted by molar-refractivity contribution is 0.0697. The summed E-state index contributed by atoms with van der Waals surface area (Å²) in [6, 6.07) is 9.97. The lowest BCUT2D eigenvalue weighted by Crippen LogP contribution is -2.14. The maximum atomic E-state index is 12.2. The van der Waals surface area contributed by atoms with Gasteiger partial charge in [0.15, 0.2) is 0 Å². The first-order chi connectivity index (χ1) is 9.79. The molecule has 0 saturated heterocycles. The molecule has 2 rings (SSSR count). The maximum absolute atomic E-state index is 12.2. The van der Waals surface area contributed by atoms with Crippen molar-refractivity contribution in [2.75, 3.05) is 10.5 Å². The average molecular weight is 371 g/mol. The van der Waals surface area contributed by atoms with E-state index in [4.69, 9.17) is 10.8 Å². The molecule has 8 heteroatoms. The third-order valence-electron chi connectivity index (χ3n) is 2.65. The van der Waals surface area contributed by atoms with Crippen molar-refractivity contribution in [3.8, 4) is 0 Å². The Bertz CT molecular complexity index is 806. The molecule has 0 fully saturated rings. The molecule has 6 nitrogen and oxygen atoms in total. The number of nitrogens with one attached hydrogen (secondary N) is 1. The number of carboxylic acids is 1. The van der Waals surface area contributed by atoms with Crippen LogP contribution in [-0.2, 0) is 10.0 Å². The van der Waals surface area contributed by atoms with Crippen LogP contribution in [0.25, 0.3) is 0 Å². The normalized spacial score (nSPS) is 11.1. The van der Waals surface area contributed by atoms with Crippen molar-refractivity contribution >= 4 is 43.3 Å². The van der Waals surface area contributed by atoms with E-state index in [9.17, 15) is 13.2 Å². The third-order valence-corrected chi connectivity index (χ3v) is 4.51. The third kappa shape index (κ3) is 3.53. The minimum absolute atomic E-state index is 0.0158. The van der Waals surface area contributed by atoms with Crippen LogP contribution in [0, 0.1) is 0 Å². The Morgan fingerprint density at radius 1 is 1.19 bits per heavy atom. The standard InChI is InChI=1S/C13H11BrN2O4S/c14-9-2-1-3-10(7-9)21(19,20)16-12-5-4-8(13(17)18)6-11(12)15/h1-7,16H,15H2,(H,17,18). The number of aromatic carboxylic acids is 1. The van der Waals surface area contributed by atoms with E-state index in [1.807, 2.05) is 0 Å². The van der Waals surface area contributed by atoms with Crippen LogP contribution in [0.4, 0.5) is 11.4 Å². The van der Waals surface area contributed by atoms with Crippen LogP contribution in [0.1, 0.15) is 10.4 Å². The molecule has 2 aromatic carbocycles. The monoisotopic (exact) mass is 370 g/mol. The lowest BCUT2D eigenvalue weighted by atomic mass is 10.2. The van der Waals surface area contributed by atoms with Crippen LogP contribution in [0.5, 0.6) is 0 Å². The highest BCUT2D eigenvalue weighted by molar-refractivity contribution is 9.10. The Morgan fingerprint density at radius 2 is 1.90 bits per heavy atom. The average Bonchev–Trinajstić information content (AvgIpc) is 2.40. The first-order valence-electron chi connectivity index (χ1n) is 5.71. The second-order valence-electron chi connectivity index (χ2n) is 4.17. The molecular formula is C13H11BrN2O4S. The molecule has 4 N–H and O–H groups in total. The van der Waals surface area contributed by atoms with E-state index in [1.54, 1.807) is 12.1 Å². The predicted molar refractivity (Wildman–Crippen MR) is 82.8 cm³/mol. The Hall–Kier alpha value is -2.06. The SMILES string of the molecule is Nc1cc(C(=O)O)ccc1NS(=O)(=O)c1cccc(Br)c1. The van der Waals surface area contributed by atoms with E-state index in [0.717, 1.165) is 0 Å². The first kappa shape index (κ1) is 15.3. The van der Waals surface area contributed by atoms with E-state index in [-0.39, 0.29) is 21.8 Å². The van der Waals surface area contributed by atoms with Gasteiger partial charge in [-0.1, -0.05) is 22.0 Å². The summed E-state index contributed by atoms with van der Waals surface area (Å²) < 4.78 is 27.4. The Kier molecular flexibility index (Phi) is 4.19. The smallest absolute Gasteiger partial charge is 0.335 e. The fraction of sp³-hybridized carbons (Fsp3) is 0. The molecule has 0 radical (unpaired) electrons. The molecule has 2 aromatic rings. The number of carboxylic acid groups (broad SMARTS) is 1. The van der Waals surface area contributed by atoms with Crippen molar-refractivity contribution < 1.29 is 18.3 Å². The number of carbonyl (C=O) groups is 1. The molecule has 0 heterocycles. The maximum Gasteiger partial charge on any atom is 0.335 e. The van der Waals surface area contributed by atoms with Gasteiger partial charge in [0, 0.05) is 4.47 Å². The number of anilines is 2. The number of hydrogen-bond acceptors (Lipinski definition) is 4. The molecule has 0 aliphatic carbocycles. The zero-order valence-corrected chi connectivity index (χ0v) is 13.0. The van der Waals surface area contributed by atoms with Crippen LogP contribution in [-0.4, -0.2) is 19.5 Å². The molecule has 0 unspecified atom stereocenters. The molecular weight excluding hydrogens is 360 g/mol. The highest BCUT2D eigenvalue weighted by Crippen LogP contribution is 2.24. The number of nitrogens with two attached hydrogens (primary N) is 1. The number of halogens is 1. The van der Waals surface area contributed by atoms with Gasteiger partial charge in [-0.25, -0.2) is 13.2 Å². The first-order valence-corrected chi connectivity index (χ1v) is 7.98. The molecule has 0 saturated carbocycles. The summed E-state index contributed by atoms with van der Waals surface area (Å²) in [7, 11) is -3.80. The number of nitrogen functional groups attached to an aromatic ring is 1. The molecule has 0 aromatic heterocycles. The second kappa shape index (κ2) is 5.74. The quantitative estimate of drug-likeness (QED) is 0.716. The number of benzene rings is 2. The topological polar surface area (TPSA) is 109 Å². The van der Waals surface area contributed by atoms with Crippen LogP contribution >= 0.6 is 15.9 Å². The van der Waals surface area contributed by atoms with Crippen molar-refractivity contribution in [1.29, 1.82) is 0 Å². The van der Waals surface area contributed by atoms with Gasteiger partial charge in [-0.2, -0.15) is 0 Å². The largest absolute Gasteiger partial charge is 0.478 e. The highest BCUT2D eigenvalue weighted by Gasteiger charge is 2.16. The zero-order valence-electron chi connectivity index (χ0n) is 10.6. The number of sulfonamides is 1. The van der Waals surface area contributed by atoms with Gasteiger partial charge in [0.05, 0.1) is 21.8 Å². The summed E-state index contributed by atoms with van der Waals surface area (Å²) in [4.78, 5) is 10.9. The van der Waals surface area contributed by atoms with Gasteiger partial charge >= 0.3 is 5.97 Å². The summed E-state index contributed by atoms with van der Waals surface area (Å²) in [5, 5.41) is 8.84. The summed E-state index contributed by atoms with van der Waals surface area (Å²) in [6.45, 7) is 0. The zero-order chi connectivity index (χ0) is 15.6. The Morgan fingerprint density at radius 3 is 2.48 bits per heavy atom. The van der Waals surface area contributed by atoms with E-state index in [0.29, 0.717) is 4.47 Å². The second-order valence-corrected chi connectivity index (χ2v) is 6.77. The van der Waals surface area contributed by atoms with Crippen molar-refractivity contribution in [3.05, 3.63) is 52.5 Å². The van der Waals surface area contributed by atoms with Crippen LogP contribution in [0.15, 0.2) is 51.8 Å². The predicted octanol–water partition coefficient (Wildman–Crippen LogP) is 2.53. The molecule has 0 atom stereocenters. The van der Waals surface area contributed by atoms with Gasteiger partial charge in [-0.05, 0) is 36.4 Å². The minimum atomic E-state index is -3.80. The molecule has 0 aliphatic heterocycles. The van der Waals surface area contributed by atoms with Crippen LogP contribution in [0.2, 0.25) is 0 Å². The van der Waals surface area contributed by atoms with Gasteiger partial charge in [0.2, 0.25) is 0 Å². The summed E-state index contributed by atoms with van der Waals surface area (Å²) in [5.74, 6) is -1.14. The summed E-state index contributed by atoms with van der Waals surface area (Å²) in [5.41, 5.74) is 5.82. The van der Waals surface area contributed by atoms with Gasteiger partial charge in [0.25, 0.3) is 10.0 Å². The molecule has 110 valence electrons. The van der Waals surface area contributed by atoms with Gasteiger partial charge in [0.1, 0.15) is 0 Å². The van der Waals surface area contributed by atoms with Gasteiger partial charge in [-0.3, -0.25) is 4.72 Å². The van der Waals surface area contributed by atoms with E-state index < -0.39 is 16.0 Å². The van der Waals surface area contributed by atoms with Crippen molar-refractivity contribution in [2.24, 2.45) is 0 Å². The number of hydrogen-bond donors (Lipinski definition) is 3. The van der Waals surface area contributed by atoms with Crippen LogP contribution in [0.3, 0.4) is 0 Å². The molecule has 0 amide bonds.